The van der Waals surface area contributed by atoms with Crippen molar-refractivity contribution in [2.75, 3.05) is 5.32 Å². The number of hydrogen-bond donors (Lipinski definition) is 2. The molecule has 0 fully saturated rings. The molecular formula is C12H15N5O4. The van der Waals surface area contributed by atoms with Gasteiger partial charge in [-0.1, -0.05) is 18.5 Å². The van der Waals surface area contributed by atoms with Crippen LogP contribution in [0.15, 0.2) is 10.6 Å². The summed E-state index contributed by atoms with van der Waals surface area (Å²) in [5, 5.41) is 23.2. The molecule has 2 rings (SSSR count). The fourth-order valence-electron chi connectivity index (χ4n) is 1.82. The van der Waals surface area contributed by atoms with Crippen LogP contribution in [-0.4, -0.2) is 26.2 Å². The monoisotopic (exact) mass is 293 g/mol. The van der Waals surface area contributed by atoms with Gasteiger partial charge in [0, 0.05) is 6.07 Å². The Morgan fingerprint density at radius 2 is 2.33 bits per heavy atom. The molecule has 21 heavy (non-hydrogen) atoms. The number of H-pyrrole nitrogens is 1. The Labute approximate surface area is 119 Å². The van der Waals surface area contributed by atoms with Crippen molar-refractivity contribution in [2.45, 2.75) is 33.1 Å². The Hall–Kier alpha value is -2.71. The zero-order valence-electron chi connectivity index (χ0n) is 11.7. The molecule has 2 N–H and O–H groups in total. The van der Waals surface area contributed by atoms with E-state index in [9.17, 15) is 14.9 Å². The van der Waals surface area contributed by atoms with Crippen LogP contribution in [0, 0.1) is 17.0 Å². The molecule has 2 heterocycles. The first-order valence-corrected chi connectivity index (χ1v) is 6.49. The maximum Gasteiger partial charge on any atom is 0.322 e. The molecule has 0 aliphatic heterocycles. The molecule has 2 aromatic rings. The highest BCUT2D eigenvalue weighted by Crippen LogP contribution is 2.21. The third kappa shape index (κ3) is 3.25. The molecule has 0 radical (unpaired) electrons. The lowest BCUT2D eigenvalue weighted by Gasteiger charge is -1.97. The largest absolute Gasteiger partial charge is 0.338 e. The normalized spacial score (nSPS) is 10.6. The van der Waals surface area contributed by atoms with Crippen molar-refractivity contribution >= 4 is 17.5 Å². The molecule has 1 amide bonds. The minimum absolute atomic E-state index is 0.140. The van der Waals surface area contributed by atoms with Gasteiger partial charge in [-0.2, -0.15) is 5.10 Å². The lowest BCUT2D eigenvalue weighted by molar-refractivity contribution is -0.385. The van der Waals surface area contributed by atoms with E-state index in [0.717, 1.165) is 25.0 Å². The number of rotatable bonds is 6. The summed E-state index contributed by atoms with van der Waals surface area (Å²) in [6.45, 7) is 3.53. The van der Waals surface area contributed by atoms with Crippen LogP contribution in [-0.2, 0) is 6.42 Å². The van der Waals surface area contributed by atoms with Crippen LogP contribution >= 0.6 is 0 Å². The fourth-order valence-corrected chi connectivity index (χ4v) is 1.82. The van der Waals surface area contributed by atoms with Crippen LogP contribution < -0.4 is 5.32 Å². The molecule has 0 unspecified atom stereocenters. The third-order valence-electron chi connectivity index (χ3n) is 2.89. The molecule has 112 valence electrons. The zero-order chi connectivity index (χ0) is 15.4. The summed E-state index contributed by atoms with van der Waals surface area (Å²) in [6.07, 6.45) is 2.73. The van der Waals surface area contributed by atoms with Crippen molar-refractivity contribution in [2.24, 2.45) is 0 Å². The third-order valence-corrected chi connectivity index (χ3v) is 2.89. The molecule has 0 spiro atoms. The number of nitrogens with one attached hydrogen (secondary N) is 2. The predicted octanol–water partition coefficient (Wildman–Crippen LogP) is 2.21. The highest BCUT2D eigenvalue weighted by Gasteiger charge is 2.27. The van der Waals surface area contributed by atoms with E-state index in [1.807, 2.05) is 0 Å². The van der Waals surface area contributed by atoms with Gasteiger partial charge in [0.2, 0.25) is 11.6 Å². The number of anilines is 1. The summed E-state index contributed by atoms with van der Waals surface area (Å²) in [5.41, 5.74) is 0.299. The van der Waals surface area contributed by atoms with Crippen LogP contribution in [0.2, 0.25) is 0 Å². The summed E-state index contributed by atoms with van der Waals surface area (Å²) in [5.74, 6) is -0.578. The first kappa shape index (κ1) is 14.7. The predicted molar refractivity (Wildman–Crippen MR) is 73.0 cm³/mol. The maximum absolute atomic E-state index is 12.0. The number of nitro groups is 1. The molecule has 9 heteroatoms. The van der Waals surface area contributed by atoms with Crippen LogP contribution in [0.5, 0.6) is 0 Å². The average Bonchev–Trinajstić information content (AvgIpc) is 3.02. The van der Waals surface area contributed by atoms with Crippen molar-refractivity contribution in [1.82, 2.24) is 15.4 Å². The van der Waals surface area contributed by atoms with E-state index >= 15 is 0 Å². The van der Waals surface area contributed by atoms with E-state index in [4.69, 9.17) is 4.52 Å². The van der Waals surface area contributed by atoms with Gasteiger partial charge in [-0.25, -0.2) is 0 Å². The molecule has 9 nitrogen and oxygen atoms in total. The molecule has 0 bridgehead atoms. The Kier molecular flexibility index (Phi) is 4.31. The van der Waals surface area contributed by atoms with Gasteiger partial charge in [-0.3, -0.25) is 25.3 Å². The Balaban J connectivity index is 2.11. The van der Waals surface area contributed by atoms with Gasteiger partial charge in [-0.15, -0.1) is 0 Å². The summed E-state index contributed by atoms with van der Waals surface area (Å²) < 4.78 is 4.97. The number of hydrogen-bond acceptors (Lipinski definition) is 6. The molecule has 0 atom stereocenters. The number of carbonyl (C=O) groups is 1. The number of aryl methyl sites for hydroxylation is 2. The van der Waals surface area contributed by atoms with E-state index in [0.29, 0.717) is 0 Å². The zero-order valence-corrected chi connectivity index (χ0v) is 11.7. The van der Waals surface area contributed by atoms with Crippen LogP contribution in [0.3, 0.4) is 0 Å². The molecule has 0 aliphatic rings. The van der Waals surface area contributed by atoms with Gasteiger partial charge < -0.3 is 4.52 Å². The molecule has 0 aromatic carbocycles. The Morgan fingerprint density at radius 3 is 3.00 bits per heavy atom. The summed E-state index contributed by atoms with van der Waals surface area (Å²) >= 11 is 0. The van der Waals surface area contributed by atoms with E-state index in [2.05, 4.69) is 27.6 Å². The SMILES string of the molecule is CCCCc1cc(NC(=O)c2n[nH]c(C)c2[N+](=O)[O-])on1. The van der Waals surface area contributed by atoms with Crippen molar-refractivity contribution < 1.29 is 14.2 Å². The number of carbonyl (C=O) groups excluding carboxylic acids is 1. The first-order chi connectivity index (χ1) is 10.0. The smallest absolute Gasteiger partial charge is 0.322 e. The minimum atomic E-state index is -0.718. The van der Waals surface area contributed by atoms with Gasteiger partial charge in [0.1, 0.15) is 5.69 Å². The van der Waals surface area contributed by atoms with Gasteiger partial charge in [0.05, 0.1) is 10.6 Å². The van der Waals surface area contributed by atoms with Crippen LogP contribution in [0.4, 0.5) is 11.6 Å². The summed E-state index contributed by atoms with van der Waals surface area (Å²) in [6, 6.07) is 1.60. The topological polar surface area (TPSA) is 127 Å². The van der Waals surface area contributed by atoms with E-state index < -0.39 is 10.8 Å². The second kappa shape index (κ2) is 6.16. The standard InChI is InChI=1S/C12H15N5O4/c1-3-4-5-8-6-9(21-16-8)13-12(18)10-11(17(19)20)7(2)14-15-10/h6H,3-5H2,1-2H3,(H,13,18)(H,14,15). The van der Waals surface area contributed by atoms with E-state index in [-0.39, 0.29) is 23.0 Å². The highest BCUT2D eigenvalue weighted by atomic mass is 16.6. The lowest BCUT2D eigenvalue weighted by atomic mass is 10.2. The van der Waals surface area contributed by atoms with Crippen molar-refractivity contribution in [3.05, 3.63) is 33.3 Å². The minimum Gasteiger partial charge on any atom is -0.338 e. The first-order valence-electron chi connectivity index (χ1n) is 6.49. The second-order valence-electron chi connectivity index (χ2n) is 4.54. The van der Waals surface area contributed by atoms with E-state index in [1.165, 1.54) is 6.92 Å². The quantitative estimate of drug-likeness (QED) is 0.621. The van der Waals surface area contributed by atoms with Crippen LogP contribution in [0.25, 0.3) is 0 Å². The number of nitrogens with zero attached hydrogens (tertiary/aromatic N) is 3. The summed E-state index contributed by atoms with van der Waals surface area (Å²) in [4.78, 5) is 22.3. The van der Waals surface area contributed by atoms with Crippen molar-refractivity contribution in [3.8, 4) is 0 Å². The average molecular weight is 293 g/mol. The van der Waals surface area contributed by atoms with Crippen molar-refractivity contribution in [1.29, 1.82) is 0 Å². The molecular weight excluding hydrogens is 278 g/mol. The molecule has 0 saturated carbocycles. The lowest BCUT2D eigenvalue weighted by Crippen LogP contribution is -2.13. The number of aromatic nitrogens is 3. The molecule has 2 aromatic heterocycles. The van der Waals surface area contributed by atoms with Crippen LogP contribution in [0.1, 0.15) is 41.6 Å². The Bertz CT molecular complexity index is 660. The Morgan fingerprint density at radius 1 is 1.57 bits per heavy atom. The fraction of sp³-hybridized carbons (Fsp3) is 0.417. The number of amides is 1. The van der Waals surface area contributed by atoms with Gasteiger partial charge in [0.25, 0.3) is 5.91 Å². The van der Waals surface area contributed by atoms with Gasteiger partial charge in [0.15, 0.2) is 0 Å². The molecule has 0 aliphatic carbocycles. The number of unbranched alkanes of at least 4 members (excludes halogenated alkanes) is 1. The van der Waals surface area contributed by atoms with E-state index in [1.54, 1.807) is 6.07 Å². The van der Waals surface area contributed by atoms with Crippen molar-refractivity contribution in [3.63, 3.8) is 0 Å². The van der Waals surface area contributed by atoms with Gasteiger partial charge >= 0.3 is 5.69 Å². The second-order valence-corrected chi connectivity index (χ2v) is 4.54. The van der Waals surface area contributed by atoms with Gasteiger partial charge in [-0.05, 0) is 19.8 Å². The maximum atomic E-state index is 12.0. The summed E-state index contributed by atoms with van der Waals surface area (Å²) in [7, 11) is 0. The molecule has 0 saturated heterocycles. The highest BCUT2D eigenvalue weighted by molar-refractivity contribution is 6.05. The number of aromatic amines is 1.